The van der Waals surface area contributed by atoms with Crippen LogP contribution in [0.1, 0.15) is 37.7 Å². The van der Waals surface area contributed by atoms with E-state index in [-0.39, 0.29) is 24.0 Å². The van der Waals surface area contributed by atoms with Crippen molar-refractivity contribution in [1.82, 2.24) is 10.6 Å². The Labute approximate surface area is 175 Å². The topological polar surface area (TPSA) is 54.9 Å². The third kappa shape index (κ3) is 8.22. The molecule has 0 unspecified atom stereocenters. The normalized spacial score (nSPS) is 16.2. The molecule has 0 atom stereocenters. The number of guanidine groups is 1. The molecule has 26 heavy (non-hydrogen) atoms. The van der Waals surface area contributed by atoms with Gasteiger partial charge in [-0.1, -0.05) is 43.2 Å². The number of nitrogens with one attached hydrogen (secondary N) is 2. The molecule has 0 saturated heterocycles. The second-order valence-corrected chi connectivity index (χ2v) is 6.84. The van der Waals surface area contributed by atoms with Gasteiger partial charge in [0.05, 0.1) is 13.2 Å². The molecule has 1 aromatic rings. The van der Waals surface area contributed by atoms with Crippen LogP contribution in [0.5, 0.6) is 0 Å². The Hall–Kier alpha value is -0.860. The highest BCUT2D eigenvalue weighted by molar-refractivity contribution is 14.0. The fourth-order valence-corrected chi connectivity index (χ4v) is 3.46. The van der Waals surface area contributed by atoms with Gasteiger partial charge >= 0.3 is 0 Å². The number of nitrogens with zero attached hydrogens (tertiary/aromatic N) is 1. The van der Waals surface area contributed by atoms with E-state index in [1.165, 1.54) is 31.2 Å². The molecule has 0 heterocycles. The lowest BCUT2D eigenvalue weighted by Gasteiger charge is -2.29. The Morgan fingerprint density at radius 1 is 1.12 bits per heavy atom. The standard InChI is InChI=1S/C20H33N3O2.HI/c1-21-19(22-13-15-25-16-18-8-4-3-5-9-18)23-17-20(12-14-24-2)10-6-7-11-20;/h3-5,8-9H,6-7,10-17H2,1-2H3,(H2,21,22,23);1H. The maximum absolute atomic E-state index is 5.70. The Morgan fingerprint density at radius 2 is 1.85 bits per heavy atom. The van der Waals surface area contributed by atoms with E-state index in [0.29, 0.717) is 18.6 Å². The number of halogens is 1. The summed E-state index contributed by atoms with van der Waals surface area (Å²) < 4.78 is 11.0. The highest BCUT2D eigenvalue weighted by Crippen LogP contribution is 2.40. The third-order valence-corrected chi connectivity index (χ3v) is 5.01. The van der Waals surface area contributed by atoms with Crippen LogP contribution in [-0.4, -0.2) is 46.4 Å². The average molecular weight is 475 g/mol. The first-order chi connectivity index (χ1) is 12.3. The molecule has 6 heteroatoms. The van der Waals surface area contributed by atoms with Crippen LogP contribution in [0.3, 0.4) is 0 Å². The van der Waals surface area contributed by atoms with Crippen LogP contribution in [0.4, 0.5) is 0 Å². The molecule has 1 aromatic carbocycles. The second-order valence-electron chi connectivity index (χ2n) is 6.84. The molecule has 1 fully saturated rings. The molecule has 148 valence electrons. The lowest BCUT2D eigenvalue weighted by atomic mass is 9.83. The van der Waals surface area contributed by atoms with Crippen LogP contribution in [0.25, 0.3) is 0 Å². The Morgan fingerprint density at radius 3 is 2.50 bits per heavy atom. The van der Waals surface area contributed by atoms with Crippen LogP contribution in [0, 0.1) is 5.41 Å². The van der Waals surface area contributed by atoms with Crippen LogP contribution in [-0.2, 0) is 16.1 Å². The predicted octanol–water partition coefficient (Wildman–Crippen LogP) is 3.58. The summed E-state index contributed by atoms with van der Waals surface area (Å²) in [6.45, 7) is 3.85. The van der Waals surface area contributed by atoms with Gasteiger partial charge in [0.1, 0.15) is 0 Å². The summed E-state index contributed by atoms with van der Waals surface area (Å²) >= 11 is 0. The van der Waals surface area contributed by atoms with Gasteiger partial charge in [0.25, 0.3) is 0 Å². The van der Waals surface area contributed by atoms with Gasteiger partial charge in [0, 0.05) is 33.9 Å². The number of hydrogen-bond donors (Lipinski definition) is 2. The fraction of sp³-hybridized carbons (Fsp3) is 0.650. The lowest BCUT2D eigenvalue weighted by Crippen LogP contribution is -2.44. The maximum Gasteiger partial charge on any atom is 0.191 e. The second kappa shape index (κ2) is 13.3. The zero-order valence-electron chi connectivity index (χ0n) is 16.1. The SMILES string of the molecule is CN=C(NCCOCc1ccccc1)NCC1(CCOC)CCCC1.I. The molecule has 0 radical (unpaired) electrons. The number of benzene rings is 1. The number of methoxy groups -OCH3 is 1. The van der Waals surface area contributed by atoms with E-state index in [0.717, 1.165) is 32.1 Å². The molecule has 2 N–H and O–H groups in total. The smallest absolute Gasteiger partial charge is 0.191 e. The summed E-state index contributed by atoms with van der Waals surface area (Å²) in [6.07, 6.45) is 6.32. The van der Waals surface area contributed by atoms with E-state index < -0.39 is 0 Å². The van der Waals surface area contributed by atoms with Crippen molar-refractivity contribution in [3.05, 3.63) is 35.9 Å². The van der Waals surface area contributed by atoms with Gasteiger partial charge in [0.15, 0.2) is 5.96 Å². The molecule has 0 aromatic heterocycles. The summed E-state index contributed by atoms with van der Waals surface area (Å²) in [5.74, 6) is 0.854. The van der Waals surface area contributed by atoms with Gasteiger partial charge in [-0.05, 0) is 30.2 Å². The maximum atomic E-state index is 5.70. The predicted molar refractivity (Wildman–Crippen MR) is 118 cm³/mol. The first kappa shape index (κ1) is 23.2. The Balaban J connectivity index is 0.00000338. The van der Waals surface area contributed by atoms with Crippen LogP contribution in [0.15, 0.2) is 35.3 Å². The summed E-state index contributed by atoms with van der Waals surface area (Å²) in [5, 5.41) is 6.83. The van der Waals surface area contributed by atoms with Crippen molar-refractivity contribution in [3.63, 3.8) is 0 Å². The highest BCUT2D eigenvalue weighted by atomic mass is 127. The number of aliphatic imine (C=N–C) groups is 1. The van der Waals surface area contributed by atoms with E-state index in [1.54, 1.807) is 7.11 Å². The van der Waals surface area contributed by atoms with Crippen molar-refractivity contribution in [3.8, 4) is 0 Å². The Kier molecular flexibility index (Phi) is 11.9. The quantitative estimate of drug-likeness (QED) is 0.235. The van der Waals surface area contributed by atoms with Crippen molar-refractivity contribution in [2.45, 2.75) is 38.7 Å². The molecule has 0 spiro atoms. The number of ether oxygens (including phenoxy) is 2. The van der Waals surface area contributed by atoms with E-state index in [4.69, 9.17) is 9.47 Å². The highest BCUT2D eigenvalue weighted by Gasteiger charge is 2.33. The van der Waals surface area contributed by atoms with Crippen LogP contribution in [0.2, 0.25) is 0 Å². The molecule has 1 aliphatic carbocycles. The van der Waals surface area contributed by atoms with Crippen LogP contribution >= 0.6 is 24.0 Å². The first-order valence-corrected chi connectivity index (χ1v) is 9.33. The first-order valence-electron chi connectivity index (χ1n) is 9.33. The minimum atomic E-state index is 0. The Bertz CT molecular complexity index is 505. The fourth-order valence-electron chi connectivity index (χ4n) is 3.46. The van der Waals surface area contributed by atoms with Crippen molar-refractivity contribution in [1.29, 1.82) is 0 Å². The number of rotatable bonds is 10. The van der Waals surface area contributed by atoms with Gasteiger partial charge in [-0.25, -0.2) is 0 Å². The summed E-state index contributed by atoms with van der Waals surface area (Å²) in [6, 6.07) is 10.2. The molecule has 1 saturated carbocycles. The summed E-state index contributed by atoms with van der Waals surface area (Å²) in [7, 11) is 3.60. The molecule has 0 amide bonds. The molecular formula is C20H34IN3O2. The molecule has 0 aliphatic heterocycles. The molecular weight excluding hydrogens is 441 g/mol. The molecule has 2 rings (SSSR count). The van der Waals surface area contributed by atoms with E-state index in [1.807, 2.05) is 25.2 Å². The third-order valence-electron chi connectivity index (χ3n) is 5.01. The van der Waals surface area contributed by atoms with Crippen molar-refractivity contribution in [2.75, 3.05) is 40.5 Å². The average Bonchev–Trinajstić information content (AvgIpc) is 3.12. The largest absolute Gasteiger partial charge is 0.385 e. The van der Waals surface area contributed by atoms with Crippen LogP contribution < -0.4 is 10.6 Å². The van der Waals surface area contributed by atoms with Gasteiger partial charge in [-0.2, -0.15) is 0 Å². The monoisotopic (exact) mass is 475 g/mol. The molecule has 1 aliphatic rings. The van der Waals surface area contributed by atoms with Crippen molar-refractivity contribution < 1.29 is 9.47 Å². The summed E-state index contributed by atoms with van der Waals surface area (Å²) in [5.41, 5.74) is 1.56. The van der Waals surface area contributed by atoms with E-state index >= 15 is 0 Å². The lowest BCUT2D eigenvalue weighted by molar-refractivity contribution is 0.125. The minimum Gasteiger partial charge on any atom is -0.385 e. The minimum absolute atomic E-state index is 0. The summed E-state index contributed by atoms with van der Waals surface area (Å²) in [4.78, 5) is 4.32. The zero-order chi connectivity index (χ0) is 17.8. The van der Waals surface area contributed by atoms with Gasteiger partial charge in [-0.15, -0.1) is 24.0 Å². The van der Waals surface area contributed by atoms with Gasteiger partial charge in [0.2, 0.25) is 0 Å². The number of hydrogen-bond acceptors (Lipinski definition) is 3. The zero-order valence-corrected chi connectivity index (χ0v) is 18.5. The molecule has 5 nitrogen and oxygen atoms in total. The molecule has 0 bridgehead atoms. The van der Waals surface area contributed by atoms with E-state index in [9.17, 15) is 0 Å². The van der Waals surface area contributed by atoms with Crippen molar-refractivity contribution in [2.24, 2.45) is 10.4 Å². The van der Waals surface area contributed by atoms with Gasteiger partial charge < -0.3 is 20.1 Å². The van der Waals surface area contributed by atoms with Crippen molar-refractivity contribution >= 4 is 29.9 Å². The van der Waals surface area contributed by atoms with E-state index in [2.05, 4.69) is 27.8 Å². The van der Waals surface area contributed by atoms with Gasteiger partial charge in [-0.3, -0.25) is 4.99 Å².